The zero-order valence-corrected chi connectivity index (χ0v) is 20.3. The Kier molecular flexibility index (Phi) is 8.49. The van der Waals surface area contributed by atoms with Crippen molar-refractivity contribution in [3.8, 4) is 0 Å². The lowest BCUT2D eigenvalue weighted by molar-refractivity contribution is -0.142. The number of hydrogen-bond acceptors (Lipinski definition) is 4. The van der Waals surface area contributed by atoms with Crippen molar-refractivity contribution in [1.82, 2.24) is 15.1 Å². The molecule has 4 fully saturated rings. The van der Waals surface area contributed by atoms with E-state index in [-0.39, 0.29) is 17.9 Å². The molecule has 4 rings (SSSR count). The molecule has 3 aliphatic carbocycles. The Morgan fingerprint density at radius 2 is 1.59 bits per heavy atom. The normalized spacial score (nSPS) is 32.2. The molecule has 3 unspecified atom stereocenters. The Balaban J connectivity index is 1.36. The smallest absolute Gasteiger partial charge is 0.242 e. The highest BCUT2D eigenvalue weighted by molar-refractivity contribution is 5.87. The summed E-state index contributed by atoms with van der Waals surface area (Å²) in [6.45, 7) is 5.02. The van der Waals surface area contributed by atoms with Gasteiger partial charge in [-0.05, 0) is 82.1 Å². The van der Waals surface area contributed by atoms with Crippen molar-refractivity contribution in [3.05, 3.63) is 0 Å². The summed E-state index contributed by atoms with van der Waals surface area (Å²) in [7, 11) is 0. The first-order valence-electron chi connectivity index (χ1n) is 13.6. The molecule has 0 radical (unpaired) electrons. The van der Waals surface area contributed by atoms with Gasteiger partial charge < -0.3 is 16.0 Å². The van der Waals surface area contributed by atoms with Crippen LogP contribution in [0.4, 0.5) is 0 Å². The van der Waals surface area contributed by atoms with Crippen LogP contribution < -0.4 is 11.1 Å². The molecule has 1 aliphatic heterocycles. The first kappa shape index (κ1) is 24.0. The average molecular weight is 447 g/mol. The quantitative estimate of drug-likeness (QED) is 0.600. The summed E-state index contributed by atoms with van der Waals surface area (Å²) in [5, 5.41) is 3.25. The van der Waals surface area contributed by atoms with E-state index in [9.17, 15) is 9.59 Å². The van der Waals surface area contributed by atoms with Gasteiger partial charge in [-0.1, -0.05) is 25.7 Å². The number of hydrogen-bond donors (Lipinski definition) is 2. The van der Waals surface area contributed by atoms with E-state index >= 15 is 0 Å². The van der Waals surface area contributed by atoms with Gasteiger partial charge in [0.25, 0.3) is 0 Å². The van der Waals surface area contributed by atoms with Gasteiger partial charge in [0, 0.05) is 38.6 Å². The second-order valence-corrected chi connectivity index (χ2v) is 11.2. The molecule has 3 N–H and O–H groups in total. The third-order valence-electron chi connectivity index (χ3n) is 8.75. The van der Waals surface area contributed by atoms with Crippen molar-refractivity contribution >= 4 is 11.8 Å². The lowest BCUT2D eigenvalue weighted by Crippen LogP contribution is -2.58. The van der Waals surface area contributed by atoms with Gasteiger partial charge in [-0.2, -0.15) is 0 Å². The molecule has 1 heterocycles. The van der Waals surface area contributed by atoms with Gasteiger partial charge in [0.15, 0.2) is 0 Å². The van der Waals surface area contributed by atoms with Gasteiger partial charge in [-0.15, -0.1) is 0 Å². The summed E-state index contributed by atoms with van der Waals surface area (Å²) >= 11 is 0. The van der Waals surface area contributed by atoms with Crippen LogP contribution in [0.25, 0.3) is 0 Å². The van der Waals surface area contributed by atoms with Gasteiger partial charge in [0.1, 0.15) is 6.04 Å². The highest BCUT2D eigenvalue weighted by atomic mass is 16.2. The van der Waals surface area contributed by atoms with Crippen LogP contribution in [0.5, 0.6) is 0 Å². The molecular formula is C26H46N4O2. The van der Waals surface area contributed by atoms with Crippen LogP contribution in [-0.2, 0) is 9.59 Å². The van der Waals surface area contributed by atoms with E-state index in [1.54, 1.807) is 6.92 Å². The number of piperidine rings is 1. The molecule has 3 saturated carbocycles. The number of nitrogens with one attached hydrogen (secondary N) is 1. The third kappa shape index (κ3) is 6.25. The monoisotopic (exact) mass is 446 g/mol. The Hall–Kier alpha value is -1.14. The number of nitrogens with zero attached hydrogens (tertiary/aromatic N) is 2. The Labute approximate surface area is 195 Å². The minimum Gasteiger partial charge on any atom is -0.354 e. The summed E-state index contributed by atoms with van der Waals surface area (Å²) in [4.78, 5) is 30.2. The molecule has 0 aromatic heterocycles. The average Bonchev–Trinajstić information content (AvgIpc) is 3.66. The summed E-state index contributed by atoms with van der Waals surface area (Å²) in [6, 6.07) is 0.838. The van der Waals surface area contributed by atoms with Crippen LogP contribution in [0.3, 0.4) is 0 Å². The molecule has 4 atom stereocenters. The minimum absolute atomic E-state index is 0.0368. The topological polar surface area (TPSA) is 78.7 Å². The van der Waals surface area contributed by atoms with Gasteiger partial charge >= 0.3 is 0 Å². The van der Waals surface area contributed by atoms with E-state index in [2.05, 4.69) is 10.2 Å². The molecule has 4 aliphatic rings. The molecule has 0 aromatic rings. The van der Waals surface area contributed by atoms with Gasteiger partial charge in [0.2, 0.25) is 11.8 Å². The summed E-state index contributed by atoms with van der Waals surface area (Å²) in [5.74, 6) is 2.05. The number of carbonyl (C=O) groups is 2. The molecule has 1 saturated heterocycles. The van der Waals surface area contributed by atoms with Gasteiger partial charge in [-0.25, -0.2) is 0 Å². The Bertz CT molecular complexity index is 631. The lowest BCUT2D eigenvalue weighted by atomic mass is 9.81. The number of carbonyl (C=O) groups excluding carboxylic acids is 2. The lowest BCUT2D eigenvalue weighted by Gasteiger charge is -2.44. The van der Waals surface area contributed by atoms with Crippen LogP contribution >= 0.6 is 0 Å². The highest BCUT2D eigenvalue weighted by Crippen LogP contribution is 2.36. The van der Waals surface area contributed by atoms with Gasteiger partial charge in [-0.3, -0.25) is 14.5 Å². The molecule has 0 bridgehead atoms. The first-order valence-corrected chi connectivity index (χ1v) is 13.6. The summed E-state index contributed by atoms with van der Waals surface area (Å²) in [5.41, 5.74) is 5.89. The first-order chi connectivity index (χ1) is 15.5. The standard InChI is InChI=1S/C26H46N4O2/c1-19(31)29-13-12-24(30(23-10-11-23)18-20-6-3-2-4-7-20)15-25(29)26(32)28-17-22-9-5-8-21(14-22)16-27/h20-25H,2-18,27H2,1H3,(H,28,32)/t21?,22?,24?,25-/m1/s1. The van der Waals surface area contributed by atoms with Crippen LogP contribution in [0.1, 0.15) is 90.4 Å². The minimum atomic E-state index is -0.312. The molecule has 2 amide bonds. The zero-order valence-electron chi connectivity index (χ0n) is 20.3. The fourth-order valence-electron chi connectivity index (χ4n) is 6.71. The van der Waals surface area contributed by atoms with Crippen molar-refractivity contribution in [3.63, 3.8) is 0 Å². The number of amides is 2. The molecular weight excluding hydrogens is 400 g/mol. The summed E-state index contributed by atoms with van der Waals surface area (Å²) in [6.07, 6.45) is 16.0. The van der Waals surface area contributed by atoms with Gasteiger partial charge in [0.05, 0.1) is 0 Å². The zero-order chi connectivity index (χ0) is 22.5. The molecule has 0 spiro atoms. The van der Waals surface area contributed by atoms with Crippen molar-refractivity contribution < 1.29 is 9.59 Å². The van der Waals surface area contributed by atoms with E-state index < -0.39 is 0 Å². The van der Waals surface area contributed by atoms with E-state index in [1.165, 1.54) is 70.8 Å². The highest BCUT2D eigenvalue weighted by Gasteiger charge is 2.42. The maximum Gasteiger partial charge on any atom is 0.242 e. The van der Waals surface area contributed by atoms with Crippen LogP contribution in [0, 0.1) is 17.8 Å². The van der Waals surface area contributed by atoms with E-state index in [1.807, 2.05) is 4.90 Å². The predicted octanol–water partition coefficient (Wildman–Crippen LogP) is 3.29. The maximum absolute atomic E-state index is 13.3. The largest absolute Gasteiger partial charge is 0.354 e. The molecule has 6 heteroatoms. The van der Waals surface area contributed by atoms with Crippen LogP contribution in [0.15, 0.2) is 0 Å². The van der Waals surface area contributed by atoms with E-state index in [4.69, 9.17) is 5.73 Å². The predicted molar refractivity (Wildman–Crippen MR) is 128 cm³/mol. The fourth-order valence-corrected chi connectivity index (χ4v) is 6.71. The molecule has 32 heavy (non-hydrogen) atoms. The number of nitrogens with two attached hydrogens (primary N) is 1. The van der Waals surface area contributed by atoms with E-state index in [0.717, 1.165) is 38.3 Å². The fraction of sp³-hybridized carbons (Fsp3) is 0.923. The second kappa shape index (κ2) is 11.3. The molecule has 182 valence electrons. The molecule has 6 nitrogen and oxygen atoms in total. The van der Waals surface area contributed by atoms with Crippen LogP contribution in [-0.4, -0.2) is 65.9 Å². The van der Waals surface area contributed by atoms with Crippen LogP contribution in [0.2, 0.25) is 0 Å². The Morgan fingerprint density at radius 1 is 0.875 bits per heavy atom. The SMILES string of the molecule is CC(=O)N1CCC(N(CC2CCCCC2)C2CC2)C[C@@H]1C(=O)NCC1CCCC(CN)C1. The molecule has 0 aromatic carbocycles. The summed E-state index contributed by atoms with van der Waals surface area (Å²) < 4.78 is 0. The third-order valence-corrected chi connectivity index (χ3v) is 8.75. The number of likely N-dealkylation sites (tertiary alicyclic amines) is 1. The maximum atomic E-state index is 13.3. The van der Waals surface area contributed by atoms with Crippen molar-refractivity contribution in [2.24, 2.45) is 23.5 Å². The van der Waals surface area contributed by atoms with E-state index in [0.29, 0.717) is 30.5 Å². The van der Waals surface area contributed by atoms with Crippen molar-refractivity contribution in [1.29, 1.82) is 0 Å². The second-order valence-electron chi connectivity index (χ2n) is 11.2. The number of rotatable bonds is 8. The Morgan fingerprint density at radius 3 is 2.28 bits per heavy atom. The van der Waals surface area contributed by atoms with Crippen molar-refractivity contribution in [2.75, 3.05) is 26.2 Å². The van der Waals surface area contributed by atoms with Crippen molar-refractivity contribution in [2.45, 2.75) is 109 Å².